The minimum atomic E-state index is 1.37. The lowest BCUT2D eigenvalue weighted by Gasteiger charge is -2.16. The predicted molar refractivity (Wildman–Crippen MR) is 140 cm³/mol. The second kappa shape index (κ2) is 27.0. The van der Waals surface area contributed by atoms with E-state index in [4.69, 9.17) is 0 Å². The van der Waals surface area contributed by atoms with Crippen LogP contribution in [0.1, 0.15) is 188 Å². The molecule has 0 aromatic heterocycles. The van der Waals surface area contributed by atoms with E-state index in [9.17, 15) is 0 Å². The molecule has 0 N–H and O–H groups in total. The molecule has 0 fully saturated rings. The summed E-state index contributed by atoms with van der Waals surface area (Å²) in [5.41, 5.74) is 0. The van der Waals surface area contributed by atoms with Crippen molar-refractivity contribution in [3.05, 3.63) is 5.92 Å². The van der Waals surface area contributed by atoms with Gasteiger partial charge in [-0.1, -0.05) is 168 Å². The lowest BCUT2D eigenvalue weighted by molar-refractivity contribution is 0.506. The van der Waals surface area contributed by atoms with E-state index in [1.54, 1.807) is 0 Å². The van der Waals surface area contributed by atoms with Crippen LogP contribution in [0.15, 0.2) is 0 Å². The highest BCUT2D eigenvalue weighted by atomic mass is 14.1. The summed E-state index contributed by atoms with van der Waals surface area (Å²) < 4.78 is 0. The van der Waals surface area contributed by atoms with Gasteiger partial charge in [0.05, 0.1) is 0 Å². The first-order valence-corrected chi connectivity index (χ1v) is 14.7. The Labute approximate surface area is 193 Å². The van der Waals surface area contributed by atoms with Crippen molar-refractivity contribution in [2.45, 2.75) is 188 Å². The normalized spacial score (nSPS) is 11.6. The predicted octanol–water partition coefficient (Wildman–Crippen LogP) is 11.8. The van der Waals surface area contributed by atoms with E-state index in [1.165, 1.54) is 167 Å². The van der Waals surface area contributed by atoms with Gasteiger partial charge in [0.25, 0.3) is 0 Å². The highest BCUT2D eigenvalue weighted by molar-refractivity contribution is 4.89. The lowest BCUT2D eigenvalue weighted by atomic mass is 9.89. The van der Waals surface area contributed by atoms with Gasteiger partial charge >= 0.3 is 0 Å². The van der Waals surface area contributed by atoms with Crippen molar-refractivity contribution in [1.82, 2.24) is 0 Å². The molecule has 0 amide bonds. The molecule has 0 nitrogen and oxygen atoms in total. The summed E-state index contributed by atoms with van der Waals surface area (Å²) in [6, 6.07) is 0. The van der Waals surface area contributed by atoms with Gasteiger partial charge in [0.2, 0.25) is 0 Å². The maximum Gasteiger partial charge on any atom is -0.0241 e. The van der Waals surface area contributed by atoms with Crippen molar-refractivity contribution in [1.29, 1.82) is 0 Å². The maximum absolute atomic E-state index is 2.32. The summed E-state index contributed by atoms with van der Waals surface area (Å²) in [4.78, 5) is 0. The topological polar surface area (TPSA) is 0 Å². The van der Waals surface area contributed by atoms with Gasteiger partial charge in [-0.2, -0.15) is 0 Å². The molecular weight excluding hydrogens is 360 g/mol. The van der Waals surface area contributed by atoms with E-state index in [1.807, 2.05) is 5.92 Å². The zero-order chi connectivity index (χ0) is 22.0. The van der Waals surface area contributed by atoms with Crippen molar-refractivity contribution < 1.29 is 0 Å². The van der Waals surface area contributed by atoms with E-state index in [-0.39, 0.29) is 0 Å². The van der Waals surface area contributed by atoms with E-state index in [0.717, 1.165) is 0 Å². The third-order valence-electron chi connectivity index (χ3n) is 6.90. The van der Waals surface area contributed by atoms with E-state index >= 15 is 0 Å². The molecule has 0 unspecified atom stereocenters. The molecule has 0 saturated heterocycles. The second-order valence-electron chi connectivity index (χ2n) is 10.1. The maximum atomic E-state index is 2.32. The average Bonchev–Trinajstić information content (AvgIpc) is 2.76. The van der Waals surface area contributed by atoms with E-state index in [0.29, 0.717) is 0 Å². The van der Waals surface area contributed by atoms with Gasteiger partial charge in [0.15, 0.2) is 0 Å². The molecular formula is C30H61. The molecule has 0 saturated carbocycles. The molecule has 0 aliphatic heterocycles. The fourth-order valence-corrected chi connectivity index (χ4v) is 4.72. The first-order chi connectivity index (χ1) is 14.8. The summed E-state index contributed by atoms with van der Waals surface area (Å²) in [5, 5.41) is 0. The summed E-state index contributed by atoms with van der Waals surface area (Å²) in [7, 11) is 0. The molecule has 0 aromatic carbocycles. The third kappa shape index (κ3) is 24.3. The average molecular weight is 422 g/mol. The molecule has 0 heteroatoms. The Bertz CT molecular complexity index is 262. The van der Waals surface area contributed by atoms with Crippen LogP contribution in [0.25, 0.3) is 0 Å². The van der Waals surface area contributed by atoms with Gasteiger partial charge in [0.1, 0.15) is 0 Å². The highest BCUT2D eigenvalue weighted by Crippen LogP contribution is 2.26. The molecule has 0 aliphatic rings. The van der Waals surface area contributed by atoms with E-state index < -0.39 is 0 Å². The second-order valence-corrected chi connectivity index (χ2v) is 10.1. The molecule has 0 aromatic rings. The van der Waals surface area contributed by atoms with E-state index in [2.05, 4.69) is 20.8 Å². The van der Waals surface area contributed by atoms with Gasteiger partial charge < -0.3 is 0 Å². The van der Waals surface area contributed by atoms with Crippen molar-refractivity contribution in [2.24, 2.45) is 0 Å². The van der Waals surface area contributed by atoms with Gasteiger partial charge in [0, 0.05) is 0 Å². The molecule has 0 spiro atoms. The summed E-state index contributed by atoms with van der Waals surface area (Å²) in [6.07, 6.45) is 37.8. The fraction of sp³-hybridized carbons (Fsp3) is 0.967. The van der Waals surface area contributed by atoms with Crippen LogP contribution in [0.5, 0.6) is 0 Å². The van der Waals surface area contributed by atoms with Gasteiger partial charge in [-0.15, -0.1) is 0 Å². The molecule has 0 bridgehead atoms. The Morgan fingerprint density at radius 3 is 0.700 bits per heavy atom. The number of rotatable bonds is 26. The Kier molecular flexibility index (Phi) is 27.0. The van der Waals surface area contributed by atoms with Gasteiger partial charge in [-0.05, 0) is 25.2 Å². The quantitative estimate of drug-likeness (QED) is 0.122. The zero-order valence-electron chi connectivity index (χ0n) is 21.9. The van der Waals surface area contributed by atoms with Crippen LogP contribution >= 0.6 is 0 Å². The Morgan fingerprint density at radius 1 is 0.267 bits per heavy atom. The van der Waals surface area contributed by atoms with Gasteiger partial charge in [-0.25, -0.2) is 0 Å². The van der Waals surface area contributed by atoms with Crippen LogP contribution in [0, 0.1) is 5.92 Å². The Hall–Kier alpha value is 0. The standard InChI is InChI=1S/C30H61/c1-4-7-10-13-16-19-22-25-28-30(27-24-21-18-15-12-9-6-3)29-26-23-20-17-14-11-8-5-2/h4-29H2,1-3H3. The van der Waals surface area contributed by atoms with Crippen LogP contribution < -0.4 is 0 Å². The monoisotopic (exact) mass is 421 g/mol. The fourth-order valence-electron chi connectivity index (χ4n) is 4.72. The minimum Gasteiger partial charge on any atom is -0.0654 e. The Balaban J connectivity index is 3.81. The molecule has 0 aliphatic carbocycles. The van der Waals surface area contributed by atoms with Crippen LogP contribution in [0.2, 0.25) is 0 Å². The molecule has 0 heterocycles. The highest BCUT2D eigenvalue weighted by Gasteiger charge is 2.09. The molecule has 1 radical (unpaired) electrons. The molecule has 181 valence electrons. The van der Waals surface area contributed by atoms with Crippen LogP contribution in [-0.2, 0) is 0 Å². The number of hydrogen-bond donors (Lipinski definition) is 0. The molecule has 0 rings (SSSR count). The largest absolute Gasteiger partial charge is 0.0654 e. The van der Waals surface area contributed by atoms with Crippen LogP contribution in [0.4, 0.5) is 0 Å². The summed E-state index contributed by atoms with van der Waals surface area (Å²) >= 11 is 0. The van der Waals surface area contributed by atoms with Crippen molar-refractivity contribution in [2.75, 3.05) is 0 Å². The van der Waals surface area contributed by atoms with Crippen molar-refractivity contribution in [3.8, 4) is 0 Å². The minimum absolute atomic E-state index is 1.37. The molecule has 0 atom stereocenters. The van der Waals surface area contributed by atoms with Crippen LogP contribution in [0.3, 0.4) is 0 Å². The van der Waals surface area contributed by atoms with Crippen molar-refractivity contribution in [3.63, 3.8) is 0 Å². The summed E-state index contributed by atoms with van der Waals surface area (Å²) in [5.74, 6) is 1.93. The Morgan fingerprint density at radius 2 is 0.467 bits per heavy atom. The number of hydrogen-bond acceptors (Lipinski definition) is 0. The van der Waals surface area contributed by atoms with Crippen LogP contribution in [-0.4, -0.2) is 0 Å². The first-order valence-electron chi connectivity index (χ1n) is 14.7. The zero-order valence-corrected chi connectivity index (χ0v) is 21.9. The number of unbranched alkanes of at least 4 members (excludes halogenated alkanes) is 20. The van der Waals surface area contributed by atoms with Gasteiger partial charge in [-0.3, -0.25) is 0 Å². The summed E-state index contributed by atoms with van der Waals surface area (Å²) in [6.45, 7) is 6.95. The van der Waals surface area contributed by atoms with Crippen molar-refractivity contribution >= 4 is 0 Å². The molecule has 30 heavy (non-hydrogen) atoms. The lowest BCUT2D eigenvalue weighted by Crippen LogP contribution is -1.99. The SMILES string of the molecule is CCCCCCCCCC[C](CCCCCCCCC)CCCCCCCCCC. The third-order valence-corrected chi connectivity index (χ3v) is 6.90. The first kappa shape index (κ1) is 30.0. The smallest absolute Gasteiger partial charge is 0.0241 e.